The summed E-state index contributed by atoms with van der Waals surface area (Å²) in [5, 5.41) is 12.7. The molecule has 1 atom stereocenters. The van der Waals surface area contributed by atoms with Crippen LogP contribution in [0.4, 0.5) is 13.2 Å². The molecule has 3 rings (SSSR count). The van der Waals surface area contributed by atoms with E-state index in [1.54, 1.807) is 11.5 Å². The number of nitrogens with one attached hydrogen (secondary N) is 1. The van der Waals surface area contributed by atoms with Gasteiger partial charge in [-0.05, 0) is 37.1 Å². The molecule has 0 aliphatic rings. The lowest BCUT2D eigenvalue weighted by molar-refractivity contribution is -0.139. The van der Waals surface area contributed by atoms with Crippen molar-refractivity contribution in [3.8, 4) is 0 Å². The van der Waals surface area contributed by atoms with Crippen molar-refractivity contribution in [3.63, 3.8) is 0 Å². The van der Waals surface area contributed by atoms with Crippen LogP contribution in [0.15, 0.2) is 41.4 Å². The quantitative estimate of drug-likeness (QED) is 0.451. The molecular weight excluding hydrogens is 521 g/mol. The standard InChI is InChI=1S/C26H31F3N4O4S/c1-15-22(23(35)31-12-18-10-11-19(13-30-18)38(6,36)37)32-24(25(3,4)5)33(15)14-17-8-7-9-20(16(2)34)21(17)26(27,28)29/h7-11,13,16,34H,12,14H2,1-6H3,(H,31,35). The molecule has 206 valence electrons. The predicted octanol–water partition coefficient (Wildman–Crippen LogP) is 4.34. The van der Waals surface area contributed by atoms with Crippen LogP contribution in [0, 0.1) is 6.92 Å². The minimum Gasteiger partial charge on any atom is -0.389 e. The molecule has 38 heavy (non-hydrogen) atoms. The monoisotopic (exact) mass is 552 g/mol. The minimum atomic E-state index is -4.70. The number of hydrogen-bond acceptors (Lipinski definition) is 6. The number of sulfone groups is 1. The summed E-state index contributed by atoms with van der Waals surface area (Å²) in [4.78, 5) is 21.7. The summed E-state index contributed by atoms with van der Waals surface area (Å²) in [7, 11) is -3.41. The predicted molar refractivity (Wildman–Crippen MR) is 135 cm³/mol. The van der Waals surface area contributed by atoms with Crippen LogP contribution in [-0.2, 0) is 34.5 Å². The molecule has 1 aromatic carbocycles. The first kappa shape index (κ1) is 29.3. The zero-order chi connectivity index (χ0) is 28.6. The van der Waals surface area contributed by atoms with Crippen LogP contribution in [0.5, 0.6) is 0 Å². The van der Waals surface area contributed by atoms with Gasteiger partial charge in [0.05, 0.1) is 28.8 Å². The molecule has 3 aromatic rings. The SMILES string of the molecule is Cc1c(C(=O)NCc2ccc(S(C)(=O)=O)cn2)nc(C(C)(C)C)n1Cc1cccc(C(C)O)c1C(F)(F)F. The number of amides is 1. The van der Waals surface area contributed by atoms with E-state index in [9.17, 15) is 31.5 Å². The summed E-state index contributed by atoms with van der Waals surface area (Å²) in [6.45, 7) is 8.22. The maximum atomic E-state index is 14.1. The number of nitrogens with zero attached hydrogens (tertiary/aromatic N) is 3. The fourth-order valence-electron chi connectivity index (χ4n) is 4.12. The normalized spacial score (nSPS) is 13.4. The Bertz CT molecular complexity index is 1440. The number of aliphatic hydroxyl groups is 1. The maximum absolute atomic E-state index is 14.1. The summed E-state index contributed by atoms with van der Waals surface area (Å²) in [6, 6.07) is 6.94. The topological polar surface area (TPSA) is 114 Å². The molecule has 2 aromatic heterocycles. The van der Waals surface area contributed by atoms with Crippen LogP contribution < -0.4 is 5.32 Å². The molecule has 0 bridgehead atoms. The minimum absolute atomic E-state index is 0.00528. The molecule has 0 radical (unpaired) electrons. The van der Waals surface area contributed by atoms with Crippen LogP contribution in [0.1, 0.15) is 78.2 Å². The summed E-state index contributed by atoms with van der Waals surface area (Å²) in [5.41, 5.74) is -0.930. The van der Waals surface area contributed by atoms with Crippen molar-refractivity contribution >= 4 is 15.7 Å². The highest BCUT2D eigenvalue weighted by Gasteiger charge is 2.37. The van der Waals surface area contributed by atoms with Crippen molar-refractivity contribution in [2.75, 3.05) is 6.26 Å². The van der Waals surface area contributed by atoms with Crippen LogP contribution >= 0.6 is 0 Å². The second-order valence-corrected chi connectivity index (χ2v) is 12.2. The van der Waals surface area contributed by atoms with Gasteiger partial charge in [0.1, 0.15) is 11.5 Å². The largest absolute Gasteiger partial charge is 0.417 e. The number of imidazole rings is 1. The van der Waals surface area contributed by atoms with E-state index in [2.05, 4.69) is 15.3 Å². The summed E-state index contributed by atoms with van der Waals surface area (Å²) < 4.78 is 67.0. The van der Waals surface area contributed by atoms with Crippen molar-refractivity contribution in [2.24, 2.45) is 0 Å². The first-order valence-corrected chi connectivity index (χ1v) is 13.7. The number of carbonyl (C=O) groups excluding carboxylic acids is 1. The van der Waals surface area contributed by atoms with Gasteiger partial charge < -0.3 is 15.0 Å². The van der Waals surface area contributed by atoms with Gasteiger partial charge in [0.15, 0.2) is 9.84 Å². The van der Waals surface area contributed by atoms with Crippen molar-refractivity contribution < 1.29 is 31.5 Å². The lowest BCUT2D eigenvalue weighted by Crippen LogP contribution is -2.24. The van der Waals surface area contributed by atoms with E-state index in [0.717, 1.165) is 6.26 Å². The van der Waals surface area contributed by atoms with Gasteiger partial charge in [-0.25, -0.2) is 13.4 Å². The van der Waals surface area contributed by atoms with E-state index in [-0.39, 0.29) is 34.8 Å². The molecule has 2 N–H and O–H groups in total. The van der Waals surface area contributed by atoms with Gasteiger partial charge in [0.25, 0.3) is 5.91 Å². The Hall–Kier alpha value is -3.25. The Balaban J connectivity index is 1.97. The lowest BCUT2D eigenvalue weighted by atomic mass is 9.94. The fraction of sp³-hybridized carbons (Fsp3) is 0.423. The summed E-state index contributed by atoms with van der Waals surface area (Å²) in [5.74, 6) is -0.124. The highest BCUT2D eigenvalue weighted by Crippen LogP contribution is 2.38. The number of rotatable bonds is 7. The molecular formula is C26H31F3N4O4S. The third kappa shape index (κ3) is 6.41. The zero-order valence-electron chi connectivity index (χ0n) is 22.0. The van der Waals surface area contributed by atoms with Gasteiger partial charge in [-0.1, -0.05) is 39.0 Å². The molecule has 8 nitrogen and oxygen atoms in total. The van der Waals surface area contributed by atoms with Crippen LogP contribution in [0.3, 0.4) is 0 Å². The van der Waals surface area contributed by atoms with Gasteiger partial charge >= 0.3 is 6.18 Å². The van der Waals surface area contributed by atoms with Gasteiger partial charge in [0, 0.05) is 30.1 Å². The Morgan fingerprint density at radius 1 is 1.16 bits per heavy atom. The van der Waals surface area contributed by atoms with Gasteiger partial charge in [-0.15, -0.1) is 0 Å². The molecule has 0 fully saturated rings. The molecule has 1 unspecified atom stereocenters. The van der Waals surface area contributed by atoms with Crippen molar-refractivity contribution in [3.05, 3.63) is 76.1 Å². The number of aromatic nitrogens is 3. The van der Waals surface area contributed by atoms with Gasteiger partial charge in [-0.2, -0.15) is 13.2 Å². The number of aliphatic hydroxyl groups excluding tert-OH is 1. The number of alkyl halides is 3. The Morgan fingerprint density at radius 2 is 1.82 bits per heavy atom. The third-order valence-corrected chi connectivity index (χ3v) is 7.11. The number of halogens is 3. The second-order valence-electron chi connectivity index (χ2n) is 10.2. The van der Waals surface area contributed by atoms with Crippen molar-refractivity contribution in [1.29, 1.82) is 0 Å². The van der Waals surface area contributed by atoms with E-state index in [4.69, 9.17) is 0 Å². The van der Waals surface area contributed by atoms with Crippen LogP contribution in [-0.4, -0.2) is 40.2 Å². The lowest BCUT2D eigenvalue weighted by Gasteiger charge is -2.23. The first-order chi connectivity index (χ1) is 17.4. The highest BCUT2D eigenvalue weighted by molar-refractivity contribution is 7.90. The third-order valence-electron chi connectivity index (χ3n) is 6.01. The fourth-order valence-corrected chi connectivity index (χ4v) is 4.68. The highest BCUT2D eigenvalue weighted by atomic mass is 32.2. The Morgan fingerprint density at radius 3 is 2.32 bits per heavy atom. The van der Waals surface area contributed by atoms with Crippen molar-refractivity contribution in [1.82, 2.24) is 19.9 Å². The molecule has 0 aliphatic heterocycles. The van der Waals surface area contributed by atoms with E-state index >= 15 is 0 Å². The molecule has 1 amide bonds. The number of hydrogen-bond donors (Lipinski definition) is 2. The second kappa shape index (κ2) is 10.5. The Kier molecular flexibility index (Phi) is 8.09. The average molecular weight is 553 g/mol. The van der Waals surface area contributed by atoms with E-state index in [0.29, 0.717) is 17.2 Å². The molecule has 0 saturated carbocycles. The molecule has 12 heteroatoms. The Labute approximate surface area is 219 Å². The molecule has 0 saturated heterocycles. The number of carbonyl (C=O) groups is 1. The van der Waals surface area contributed by atoms with Gasteiger partial charge in [-0.3, -0.25) is 9.78 Å². The van der Waals surface area contributed by atoms with E-state index in [1.807, 2.05) is 20.8 Å². The van der Waals surface area contributed by atoms with E-state index in [1.165, 1.54) is 43.5 Å². The van der Waals surface area contributed by atoms with Crippen LogP contribution in [0.2, 0.25) is 0 Å². The smallest absolute Gasteiger partial charge is 0.389 e. The summed E-state index contributed by atoms with van der Waals surface area (Å²) >= 11 is 0. The van der Waals surface area contributed by atoms with Gasteiger partial charge in [0.2, 0.25) is 0 Å². The molecule has 0 aliphatic carbocycles. The van der Waals surface area contributed by atoms with Crippen molar-refractivity contribution in [2.45, 2.75) is 70.3 Å². The zero-order valence-corrected chi connectivity index (χ0v) is 22.8. The summed E-state index contributed by atoms with van der Waals surface area (Å²) in [6.07, 6.45) is -3.75. The number of benzene rings is 1. The molecule has 2 heterocycles. The average Bonchev–Trinajstić information content (AvgIpc) is 3.12. The van der Waals surface area contributed by atoms with E-state index < -0.39 is 39.0 Å². The van der Waals surface area contributed by atoms with Crippen LogP contribution in [0.25, 0.3) is 0 Å². The first-order valence-electron chi connectivity index (χ1n) is 11.8. The molecule has 0 spiro atoms. The maximum Gasteiger partial charge on any atom is 0.417 e. The number of pyridine rings is 1.